The molecule has 0 aromatic carbocycles. The van der Waals surface area contributed by atoms with Gasteiger partial charge in [0.2, 0.25) is 0 Å². The predicted octanol–water partition coefficient (Wildman–Crippen LogP) is 2.39. The van der Waals surface area contributed by atoms with Crippen LogP contribution in [0.25, 0.3) is 0 Å². The normalized spacial score (nSPS) is 18.0. The van der Waals surface area contributed by atoms with Crippen molar-refractivity contribution in [2.75, 3.05) is 6.54 Å². The lowest BCUT2D eigenvalue weighted by Gasteiger charge is -2.10. The lowest BCUT2D eigenvalue weighted by atomic mass is 10.1. The van der Waals surface area contributed by atoms with Gasteiger partial charge in [0.25, 0.3) is 0 Å². The zero-order valence-corrected chi connectivity index (χ0v) is 10.6. The van der Waals surface area contributed by atoms with E-state index in [-0.39, 0.29) is 0 Å². The molecule has 1 atom stereocenters. The third kappa shape index (κ3) is 3.34. The van der Waals surface area contributed by atoms with E-state index in [0.29, 0.717) is 12.0 Å². The maximum atomic E-state index is 4.58. The second-order valence-electron chi connectivity index (χ2n) is 5.37. The van der Waals surface area contributed by atoms with Crippen molar-refractivity contribution in [1.82, 2.24) is 15.1 Å². The van der Waals surface area contributed by atoms with Gasteiger partial charge in [-0.15, -0.1) is 0 Å². The summed E-state index contributed by atoms with van der Waals surface area (Å²) in [5.41, 5.74) is 1.22. The van der Waals surface area contributed by atoms with E-state index in [1.54, 1.807) is 0 Å². The SMILES string of the molecule is CC(CNC1CC1)Cc1ccn(C(C)C)n1. The zero-order valence-electron chi connectivity index (χ0n) is 10.6. The van der Waals surface area contributed by atoms with Crippen LogP contribution in [0.4, 0.5) is 0 Å². The molecule has 0 amide bonds. The van der Waals surface area contributed by atoms with Crippen LogP contribution in [0.3, 0.4) is 0 Å². The Bertz CT molecular complexity index is 326. The second kappa shape index (κ2) is 5.00. The first-order chi connectivity index (χ1) is 7.65. The topological polar surface area (TPSA) is 29.9 Å². The first kappa shape index (κ1) is 11.6. The highest BCUT2D eigenvalue weighted by Gasteiger charge is 2.21. The standard InChI is InChI=1S/C13H23N3/c1-10(2)16-7-6-13(15-16)8-11(3)9-14-12-4-5-12/h6-7,10-12,14H,4-5,8-9H2,1-3H3. The van der Waals surface area contributed by atoms with E-state index in [2.05, 4.69) is 43.4 Å². The van der Waals surface area contributed by atoms with E-state index < -0.39 is 0 Å². The number of hydrogen-bond acceptors (Lipinski definition) is 2. The Morgan fingerprint density at radius 1 is 1.44 bits per heavy atom. The van der Waals surface area contributed by atoms with Crippen LogP contribution in [0.15, 0.2) is 12.3 Å². The number of nitrogens with one attached hydrogen (secondary N) is 1. The summed E-state index contributed by atoms with van der Waals surface area (Å²) in [5, 5.41) is 8.15. The van der Waals surface area contributed by atoms with Crippen molar-refractivity contribution < 1.29 is 0 Å². The Labute approximate surface area is 98.2 Å². The monoisotopic (exact) mass is 221 g/mol. The minimum atomic E-state index is 0.466. The van der Waals surface area contributed by atoms with E-state index in [1.165, 1.54) is 18.5 Å². The van der Waals surface area contributed by atoms with Gasteiger partial charge in [0.1, 0.15) is 0 Å². The summed E-state index contributed by atoms with van der Waals surface area (Å²) in [6.07, 6.45) is 5.91. The van der Waals surface area contributed by atoms with E-state index in [0.717, 1.165) is 19.0 Å². The van der Waals surface area contributed by atoms with E-state index in [9.17, 15) is 0 Å². The first-order valence-electron chi connectivity index (χ1n) is 6.42. The molecule has 0 aliphatic heterocycles. The number of rotatable bonds is 6. The maximum Gasteiger partial charge on any atom is 0.0627 e. The summed E-state index contributed by atoms with van der Waals surface area (Å²) < 4.78 is 2.04. The average Bonchev–Trinajstić information content (AvgIpc) is 2.95. The molecule has 2 rings (SSSR count). The van der Waals surface area contributed by atoms with Crippen LogP contribution in [-0.2, 0) is 6.42 Å². The fourth-order valence-corrected chi connectivity index (χ4v) is 1.86. The number of hydrogen-bond donors (Lipinski definition) is 1. The minimum absolute atomic E-state index is 0.466. The summed E-state index contributed by atoms with van der Waals surface area (Å²) in [7, 11) is 0. The summed E-state index contributed by atoms with van der Waals surface area (Å²) >= 11 is 0. The van der Waals surface area contributed by atoms with Crippen LogP contribution >= 0.6 is 0 Å². The van der Waals surface area contributed by atoms with Crippen molar-refractivity contribution in [3.63, 3.8) is 0 Å². The Morgan fingerprint density at radius 3 is 2.75 bits per heavy atom. The summed E-state index contributed by atoms with van der Waals surface area (Å²) in [4.78, 5) is 0. The van der Waals surface area contributed by atoms with Crippen molar-refractivity contribution in [2.24, 2.45) is 5.92 Å². The molecule has 0 saturated heterocycles. The quantitative estimate of drug-likeness (QED) is 0.799. The number of nitrogens with zero attached hydrogens (tertiary/aromatic N) is 2. The fourth-order valence-electron chi connectivity index (χ4n) is 1.86. The molecule has 1 aromatic rings. The molecular formula is C13H23N3. The van der Waals surface area contributed by atoms with Crippen molar-refractivity contribution in [3.8, 4) is 0 Å². The van der Waals surface area contributed by atoms with Gasteiger partial charge in [0.05, 0.1) is 5.69 Å². The smallest absolute Gasteiger partial charge is 0.0627 e. The molecule has 1 saturated carbocycles. The Kier molecular flexibility index (Phi) is 3.64. The van der Waals surface area contributed by atoms with Gasteiger partial charge < -0.3 is 5.32 Å². The van der Waals surface area contributed by atoms with Gasteiger partial charge in [-0.1, -0.05) is 6.92 Å². The van der Waals surface area contributed by atoms with Crippen molar-refractivity contribution in [2.45, 2.75) is 52.1 Å². The first-order valence-corrected chi connectivity index (χ1v) is 6.42. The number of aromatic nitrogens is 2. The Balaban J connectivity index is 1.77. The molecule has 1 fully saturated rings. The molecule has 16 heavy (non-hydrogen) atoms. The van der Waals surface area contributed by atoms with Gasteiger partial charge in [-0.25, -0.2) is 0 Å². The van der Waals surface area contributed by atoms with Gasteiger partial charge >= 0.3 is 0 Å². The lowest BCUT2D eigenvalue weighted by molar-refractivity contribution is 0.487. The van der Waals surface area contributed by atoms with E-state index in [1.807, 2.05) is 4.68 Å². The summed E-state index contributed by atoms with van der Waals surface area (Å²) in [5.74, 6) is 0.677. The second-order valence-corrected chi connectivity index (χ2v) is 5.37. The van der Waals surface area contributed by atoms with Crippen molar-refractivity contribution in [1.29, 1.82) is 0 Å². The highest BCUT2D eigenvalue weighted by molar-refractivity contribution is 5.00. The Morgan fingerprint density at radius 2 is 2.19 bits per heavy atom. The van der Waals surface area contributed by atoms with Crippen molar-refractivity contribution in [3.05, 3.63) is 18.0 Å². The summed E-state index contributed by atoms with van der Waals surface area (Å²) in [6, 6.07) is 3.43. The van der Waals surface area contributed by atoms with Gasteiger partial charge in [0.15, 0.2) is 0 Å². The van der Waals surface area contributed by atoms with Gasteiger partial charge in [0, 0.05) is 18.3 Å². The lowest BCUT2D eigenvalue weighted by Crippen LogP contribution is -2.24. The molecule has 0 bridgehead atoms. The minimum Gasteiger partial charge on any atom is -0.314 e. The molecule has 90 valence electrons. The third-order valence-corrected chi connectivity index (χ3v) is 3.08. The molecule has 1 aromatic heterocycles. The highest BCUT2D eigenvalue weighted by Crippen LogP contribution is 2.19. The average molecular weight is 221 g/mol. The molecule has 3 nitrogen and oxygen atoms in total. The van der Waals surface area contributed by atoms with Gasteiger partial charge in [-0.3, -0.25) is 4.68 Å². The van der Waals surface area contributed by atoms with E-state index in [4.69, 9.17) is 0 Å². The molecule has 1 aliphatic carbocycles. The van der Waals surface area contributed by atoms with Gasteiger partial charge in [-0.2, -0.15) is 5.10 Å². The molecule has 3 heteroatoms. The molecular weight excluding hydrogens is 198 g/mol. The highest BCUT2D eigenvalue weighted by atomic mass is 15.3. The van der Waals surface area contributed by atoms with Crippen LogP contribution in [0.2, 0.25) is 0 Å². The van der Waals surface area contributed by atoms with Crippen LogP contribution < -0.4 is 5.32 Å². The van der Waals surface area contributed by atoms with Gasteiger partial charge in [-0.05, 0) is 51.6 Å². The fraction of sp³-hybridized carbons (Fsp3) is 0.769. The maximum absolute atomic E-state index is 4.58. The predicted molar refractivity (Wildman–Crippen MR) is 66.5 cm³/mol. The molecule has 1 unspecified atom stereocenters. The molecule has 1 N–H and O–H groups in total. The molecule has 1 heterocycles. The molecule has 0 spiro atoms. The largest absolute Gasteiger partial charge is 0.314 e. The third-order valence-electron chi connectivity index (χ3n) is 3.08. The van der Waals surface area contributed by atoms with Crippen LogP contribution in [0, 0.1) is 5.92 Å². The zero-order chi connectivity index (χ0) is 11.5. The molecule has 0 radical (unpaired) electrons. The van der Waals surface area contributed by atoms with Crippen LogP contribution in [-0.4, -0.2) is 22.4 Å². The Hall–Kier alpha value is -0.830. The molecule has 1 aliphatic rings. The van der Waals surface area contributed by atoms with E-state index >= 15 is 0 Å². The van der Waals surface area contributed by atoms with Crippen molar-refractivity contribution >= 4 is 0 Å². The summed E-state index contributed by atoms with van der Waals surface area (Å²) in [6.45, 7) is 7.74. The van der Waals surface area contributed by atoms with Crippen LogP contribution in [0.1, 0.15) is 45.3 Å². The van der Waals surface area contributed by atoms with Crippen LogP contribution in [0.5, 0.6) is 0 Å².